The Morgan fingerprint density at radius 1 is 0.174 bits per heavy atom. The second-order valence-corrected chi connectivity index (χ2v) is 21.0. The molecular formula is C54H112N26O12. The second-order valence-electron chi connectivity index (χ2n) is 21.0. The van der Waals surface area contributed by atoms with Crippen LogP contribution in [-0.4, -0.2) is 349 Å². The van der Waals surface area contributed by atoms with Crippen LogP contribution < -0.4 is 110 Å². The summed E-state index contributed by atoms with van der Waals surface area (Å²) in [5.74, 6) is -4.47. The fraction of sp³-hybridized carbons (Fsp3) is 0.778. The van der Waals surface area contributed by atoms with E-state index < -0.39 is 0 Å². The van der Waals surface area contributed by atoms with Crippen LogP contribution in [0.15, 0.2) is 0 Å². The molecule has 0 aliphatic carbocycles. The summed E-state index contributed by atoms with van der Waals surface area (Å²) in [7, 11) is 0. The van der Waals surface area contributed by atoms with Crippen molar-refractivity contribution in [3.63, 3.8) is 0 Å². The van der Waals surface area contributed by atoms with Gasteiger partial charge < -0.3 is 119 Å². The lowest BCUT2D eigenvalue weighted by atomic mass is 10.2. The SMILES string of the molecule is NCCNC(=O)CN(CCNC(=O)CCN(CCC(=O)NCCN(CC(=O)NCCN)CC(=O)NCCN)CCN(CCC(=O)NCCN(CC(=O)NCCN)CC(=O)NCCN)CCC(=O)NCCN(CC(=O)NCCN)CC(=O)NCCN)CC(=O)NCCN. The molecule has 28 N–H and O–H groups in total. The third-order valence-electron chi connectivity index (χ3n) is 13.0. The molecular weight excluding hydrogens is 1200 g/mol. The van der Waals surface area contributed by atoms with E-state index in [0.717, 1.165) is 0 Å². The average Bonchev–Trinajstić information content (AvgIpc) is 3.69. The van der Waals surface area contributed by atoms with Gasteiger partial charge in [-0.15, -0.1) is 0 Å². The molecule has 0 saturated heterocycles. The van der Waals surface area contributed by atoms with Crippen molar-refractivity contribution in [2.24, 2.45) is 45.9 Å². The number of hydrogen-bond acceptors (Lipinski definition) is 26. The molecule has 0 rings (SSSR count). The van der Waals surface area contributed by atoms with Gasteiger partial charge in [0.05, 0.1) is 52.4 Å². The van der Waals surface area contributed by atoms with Gasteiger partial charge in [-0.25, -0.2) is 0 Å². The molecule has 92 heavy (non-hydrogen) atoms. The summed E-state index contributed by atoms with van der Waals surface area (Å²) >= 11 is 0. The Kier molecular flexibility index (Phi) is 52.5. The van der Waals surface area contributed by atoms with Crippen molar-refractivity contribution in [3.05, 3.63) is 0 Å². The molecule has 0 aromatic heterocycles. The Morgan fingerprint density at radius 2 is 0.315 bits per heavy atom. The normalized spacial score (nSPS) is 11.2. The number of nitrogens with two attached hydrogens (primary N) is 8. The molecule has 0 unspecified atom stereocenters. The quantitative estimate of drug-likeness (QED) is 0.0269. The summed E-state index contributed by atoms with van der Waals surface area (Å²) in [4.78, 5) is 165. The number of nitrogens with one attached hydrogen (secondary N) is 12. The number of hydrogen-bond donors (Lipinski definition) is 20. The summed E-state index contributed by atoms with van der Waals surface area (Å²) in [6.45, 7) is 4.01. The predicted octanol–water partition coefficient (Wildman–Crippen LogP) is -14.6. The first-order valence-corrected chi connectivity index (χ1v) is 31.4. The molecule has 0 spiro atoms. The first kappa shape index (κ1) is 85.1. The molecule has 0 saturated carbocycles. The lowest BCUT2D eigenvalue weighted by molar-refractivity contribution is -0.127. The Bertz CT molecular complexity index is 1770. The van der Waals surface area contributed by atoms with E-state index in [9.17, 15) is 57.5 Å². The van der Waals surface area contributed by atoms with Crippen molar-refractivity contribution in [2.45, 2.75) is 25.7 Å². The number of rotatable bonds is 59. The molecule has 0 aromatic rings. The highest BCUT2D eigenvalue weighted by Crippen LogP contribution is 2.03. The molecule has 12 amide bonds. The first-order chi connectivity index (χ1) is 44.2. The molecule has 0 aliphatic rings. The highest BCUT2D eigenvalue weighted by atomic mass is 16.2. The van der Waals surface area contributed by atoms with Crippen LogP contribution >= 0.6 is 0 Å². The largest absolute Gasteiger partial charge is 0.355 e. The maximum atomic E-state index is 13.5. The average molecular weight is 1320 g/mol. The lowest BCUT2D eigenvalue weighted by Gasteiger charge is -2.28. The van der Waals surface area contributed by atoms with Gasteiger partial charge in [0.15, 0.2) is 0 Å². The van der Waals surface area contributed by atoms with Gasteiger partial charge in [-0.2, -0.15) is 0 Å². The van der Waals surface area contributed by atoms with Crippen molar-refractivity contribution < 1.29 is 57.5 Å². The summed E-state index contributed by atoms with van der Waals surface area (Å²) in [6.07, 6.45) is -0.244. The third kappa shape index (κ3) is 49.7. The fourth-order valence-corrected chi connectivity index (χ4v) is 8.38. The van der Waals surface area contributed by atoms with E-state index in [-0.39, 0.29) is 345 Å². The Morgan fingerprint density at radius 3 is 0.457 bits per heavy atom. The summed E-state index contributed by atoms with van der Waals surface area (Å²) < 4.78 is 0. The Balaban J connectivity index is 6.70. The van der Waals surface area contributed by atoms with Crippen molar-refractivity contribution in [1.82, 2.24) is 93.2 Å². The van der Waals surface area contributed by atoms with E-state index in [2.05, 4.69) is 63.8 Å². The van der Waals surface area contributed by atoms with Crippen LogP contribution in [0.3, 0.4) is 0 Å². The van der Waals surface area contributed by atoms with Crippen molar-refractivity contribution >= 4 is 70.9 Å². The van der Waals surface area contributed by atoms with Crippen molar-refractivity contribution in [1.29, 1.82) is 0 Å². The molecule has 38 nitrogen and oxygen atoms in total. The topological polar surface area (TPSA) is 577 Å². The van der Waals surface area contributed by atoms with Crippen LogP contribution in [0.5, 0.6) is 0 Å². The minimum atomic E-state index is -0.382. The number of amides is 12. The number of carbonyl (C=O) groups is 12. The monoisotopic (exact) mass is 1320 g/mol. The second kappa shape index (κ2) is 56.8. The highest BCUT2D eigenvalue weighted by Gasteiger charge is 2.21. The van der Waals surface area contributed by atoms with Gasteiger partial charge in [0.2, 0.25) is 70.9 Å². The lowest BCUT2D eigenvalue weighted by Crippen LogP contribution is -2.47. The van der Waals surface area contributed by atoms with Crippen LogP contribution in [0, 0.1) is 0 Å². The number of nitrogens with zero attached hydrogens (tertiary/aromatic N) is 6. The van der Waals surface area contributed by atoms with Gasteiger partial charge in [-0.3, -0.25) is 77.1 Å². The van der Waals surface area contributed by atoms with Crippen LogP contribution in [0.4, 0.5) is 0 Å². The Labute approximate surface area is 540 Å². The summed E-state index contributed by atoms with van der Waals surface area (Å²) in [6, 6.07) is 0. The van der Waals surface area contributed by atoms with E-state index in [1.54, 1.807) is 19.6 Å². The summed E-state index contributed by atoms with van der Waals surface area (Å²) in [5, 5.41) is 32.6. The summed E-state index contributed by atoms with van der Waals surface area (Å²) in [5.41, 5.74) is 44.3. The minimum absolute atomic E-state index is 0.0610. The van der Waals surface area contributed by atoms with Crippen molar-refractivity contribution in [3.8, 4) is 0 Å². The zero-order valence-electron chi connectivity index (χ0n) is 53.9. The molecule has 0 heterocycles. The van der Waals surface area contributed by atoms with E-state index >= 15 is 0 Å². The van der Waals surface area contributed by atoms with Gasteiger partial charge in [0, 0.05) is 222 Å². The predicted molar refractivity (Wildman–Crippen MR) is 346 cm³/mol. The Hall–Kier alpha value is -6.92. The molecule has 0 aliphatic heterocycles. The van der Waals surface area contributed by atoms with Crippen LogP contribution in [0.1, 0.15) is 25.7 Å². The molecule has 0 bridgehead atoms. The fourth-order valence-electron chi connectivity index (χ4n) is 8.38. The van der Waals surface area contributed by atoms with E-state index in [4.69, 9.17) is 45.9 Å². The minimum Gasteiger partial charge on any atom is -0.355 e. The maximum absolute atomic E-state index is 13.5. The van der Waals surface area contributed by atoms with Crippen LogP contribution in [0.25, 0.3) is 0 Å². The van der Waals surface area contributed by atoms with E-state index in [1.807, 2.05) is 9.80 Å². The van der Waals surface area contributed by atoms with Crippen LogP contribution in [0.2, 0.25) is 0 Å². The third-order valence-corrected chi connectivity index (χ3v) is 13.0. The maximum Gasteiger partial charge on any atom is 0.234 e. The molecule has 0 fully saturated rings. The van der Waals surface area contributed by atoms with Crippen LogP contribution in [-0.2, 0) is 57.5 Å². The zero-order chi connectivity index (χ0) is 68.6. The molecule has 0 radical (unpaired) electrons. The highest BCUT2D eigenvalue weighted by molar-refractivity contribution is 5.84. The number of carbonyl (C=O) groups excluding carboxylic acids is 12. The van der Waals surface area contributed by atoms with Gasteiger partial charge in [-0.1, -0.05) is 0 Å². The molecule has 38 heteroatoms. The van der Waals surface area contributed by atoms with Gasteiger partial charge in [0.1, 0.15) is 0 Å². The van der Waals surface area contributed by atoms with Gasteiger partial charge in [-0.05, 0) is 0 Å². The van der Waals surface area contributed by atoms with Gasteiger partial charge >= 0.3 is 0 Å². The van der Waals surface area contributed by atoms with E-state index in [0.29, 0.717) is 0 Å². The zero-order valence-corrected chi connectivity index (χ0v) is 53.9. The molecule has 0 aromatic carbocycles. The van der Waals surface area contributed by atoms with Crippen molar-refractivity contribution in [2.75, 3.05) is 249 Å². The smallest absolute Gasteiger partial charge is 0.234 e. The van der Waals surface area contributed by atoms with Gasteiger partial charge in [0.25, 0.3) is 0 Å². The van der Waals surface area contributed by atoms with E-state index in [1.165, 1.54) is 0 Å². The standard InChI is InChI=1S/C54H112N26O12/c55-5-13-63-47(85)35-77(36-48(86)64-14-6-56)29-21-71-43(81)1-25-75(26-2-44(82)72-22-30-78(37-49(87)65-15-7-57)38-50(88)66-16-8-58)33-34-76(27-3-45(83)73-23-31-79(39-51(89)67-17-9-59)40-52(90)68-18-10-60)28-4-46(84)74-24-32-80(41-53(91)69-19-11-61)42-54(92)70-20-12-62/h1-42,55-62H2,(H,63,85)(H,64,86)(H,65,87)(H,66,88)(H,67,89)(H,68,90)(H,69,91)(H,70,92)(H,71,81)(H,72,82)(H,73,83)(H,74,84). The molecule has 530 valence electrons. The first-order valence-electron chi connectivity index (χ1n) is 31.4. The molecule has 0 atom stereocenters.